The number of aromatic nitrogens is 2. The Hall–Kier alpha value is -1.19. The lowest BCUT2D eigenvalue weighted by molar-refractivity contribution is 0.468. The lowest BCUT2D eigenvalue weighted by atomic mass is 9.97. The Kier molecular flexibility index (Phi) is 4.50. The summed E-state index contributed by atoms with van der Waals surface area (Å²) in [6.45, 7) is 4.95. The summed E-state index contributed by atoms with van der Waals surface area (Å²) < 4.78 is 1.99. The maximum absolute atomic E-state index is 6.12. The first-order valence-corrected chi connectivity index (χ1v) is 7.31. The molecule has 1 saturated carbocycles. The van der Waals surface area contributed by atoms with Gasteiger partial charge in [-0.15, -0.1) is 0 Å². The number of nitrogen functional groups attached to an aromatic ring is 1. The second-order valence-corrected chi connectivity index (χ2v) is 5.35. The van der Waals surface area contributed by atoms with Gasteiger partial charge in [0.2, 0.25) is 0 Å². The number of aryl methyl sites for hydroxylation is 2. The predicted molar refractivity (Wildman–Crippen MR) is 76.8 cm³/mol. The molecule has 0 radical (unpaired) electrons. The number of anilines is 2. The molecule has 1 aromatic rings. The zero-order valence-corrected chi connectivity index (χ0v) is 11.7. The fourth-order valence-electron chi connectivity index (χ4n) is 2.77. The van der Waals surface area contributed by atoms with Gasteiger partial charge in [-0.1, -0.05) is 32.1 Å². The minimum absolute atomic E-state index is 0.564. The second-order valence-electron chi connectivity index (χ2n) is 5.35. The maximum atomic E-state index is 6.12. The molecule has 0 aromatic carbocycles. The summed E-state index contributed by atoms with van der Waals surface area (Å²) in [5.41, 5.74) is 7.87. The predicted octanol–water partition coefficient (Wildman–Crippen LogP) is 3.32. The Bertz CT molecular complexity index is 375. The van der Waals surface area contributed by atoms with Gasteiger partial charge in [0, 0.05) is 12.6 Å². The van der Waals surface area contributed by atoms with E-state index in [2.05, 4.69) is 17.3 Å². The Morgan fingerprint density at radius 3 is 2.44 bits per heavy atom. The van der Waals surface area contributed by atoms with Gasteiger partial charge in [-0.2, -0.15) is 5.10 Å². The summed E-state index contributed by atoms with van der Waals surface area (Å²) in [7, 11) is 0. The van der Waals surface area contributed by atoms with E-state index >= 15 is 0 Å². The first kappa shape index (κ1) is 13.2. The normalized spacial score (nSPS) is 18.3. The van der Waals surface area contributed by atoms with E-state index in [0.717, 1.165) is 23.7 Å². The van der Waals surface area contributed by atoms with Gasteiger partial charge in [0.25, 0.3) is 0 Å². The summed E-state index contributed by atoms with van der Waals surface area (Å²) in [6, 6.07) is 0.564. The van der Waals surface area contributed by atoms with Gasteiger partial charge in [0.05, 0.1) is 11.4 Å². The highest BCUT2D eigenvalue weighted by atomic mass is 15.3. The van der Waals surface area contributed by atoms with Crippen molar-refractivity contribution < 1.29 is 0 Å². The van der Waals surface area contributed by atoms with Crippen LogP contribution in [0.15, 0.2) is 0 Å². The molecule has 0 aliphatic heterocycles. The summed E-state index contributed by atoms with van der Waals surface area (Å²) in [5, 5.41) is 8.10. The zero-order valence-electron chi connectivity index (χ0n) is 11.7. The minimum Gasteiger partial charge on any atom is -0.394 e. The van der Waals surface area contributed by atoms with Crippen molar-refractivity contribution in [2.45, 2.75) is 71.4 Å². The Morgan fingerprint density at radius 2 is 1.83 bits per heavy atom. The monoisotopic (exact) mass is 250 g/mol. The molecule has 0 bridgehead atoms. The average Bonchev–Trinajstić information content (AvgIpc) is 2.59. The third-order valence-electron chi connectivity index (χ3n) is 3.92. The fraction of sp³-hybridized carbons (Fsp3) is 0.786. The van der Waals surface area contributed by atoms with Crippen molar-refractivity contribution >= 4 is 11.5 Å². The number of rotatable bonds is 3. The second kappa shape index (κ2) is 6.12. The van der Waals surface area contributed by atoms with Crippen molar-refractivity contribution in [2.75, 3.05) is 11.1 Å². The van der Waals surface area contributed by atoms with Crippen LogP contribution >= 0.6 is 0 Å². The standard InChI is InChI=1S/C14H26N4/c1-3-18-14(13(15)11(2)17-18)16-12-9-7-5-4-6-8-10-12/h12,16H,3-10,15H2,1-2H3. The number of nitrogens with two attached hydrogens (primary N) is 1. The van der Waals surface area contributed by atoms with Crippen molar-refractivity contribution in [3.63, 3.8) is 0 Å². The molecule has 3 N–H and O–H groups in total. The number of nitrogens with one attached hydrogen (secondary N) is 1. The van der Waals surface area contributed by atoms with Crippen LogP contribution in [-0.2, 0) is 6.54 Å². The van der Waals surface area contributed by atoms with Crippen LogP contribution in [0.2, 0.25) is 0 Å². The van der Waals surface area contributed by atoms with Crippen LogP contribution in [0.3, 0.4) is 0 Å². The van der Waals surface area contributed by atoms with Gasteiger partial charge in [-0.05, 0) is 26.7 Å². The lowest BCUT2D eigenvalue weighted by Crippen LogP contribution is -2.23. The van der Waals surface area contributed by atoms with Crippen LogP contribution in [0.4, 0.5) is 11.5 Å². The fourth-order valence-corrected chi connectivity index (χ4v) is 2.77. The number of hydrogen-bond acceptors (Lipinski definition) is 3. The summed E-state index contributed by atoms with van der Waals surface area (Å²) in [5.74, 6) is 1.03. The summed E-state index contributed by atoms with van der Waals surface area (Å²) in [4.78, 5) is 0. The highest BCUT2D eigenvalue weighted by Gasteiger charge is 2.16. The van der Waals surface area contributed by atoms with E-state index in [1.165, 1.54) is 44.9 Å². The molecule has 1 aromatic heterocycles. The van der Waals surface area contributed by atoms with Crippen molar-refractivity contribution in [3.8, 4) is 0 Å². The molecular formula is C14H26N4. The molecule has 0 unspecified atom stereocenters. The van der Waals surface area contributed by atoms with E-state index in [0.29, 0.717) is 6.04 Å². The van der Waals surface area contributed by atoms with Gasteiger partial charge in [-0.3, -0.25) is 0 Å². The van der Waals surface area contributed by atoms with Gasteiger partial charge < -0.3 is 11.1 Å². The Labute approximate surface area is 110 Å². The molecule has 4 heteroatoms. The van der Waals surface area contributed by atoms with Gasteiger partial charge in [0.1, 0.15) is 5.82 Å². The molecule has 0 saturated heterocycles. The minimum atomic E-state index is 0.564. The highest BCUT2D eigenvalue weighted by molar-refractivity contribution is 5.65. The molecule has 18 heavy (non-hydrogen) atoms. The third kappa shape index (κ3) is 2.98. The molecule has 0 amide bonds. The largest absolute Gasteiger partial charge is 0.394 e. The van der Waals surface area contributed by atoms with Crippen LogP contribution in [-0.4, -0.2) is 15.8 Å². The average molecular weight is 250 g/mol. The van der Waals surface area contributed by atoms with Crippen molar-refractivity contribution in [1.29, 1.82) is 0 Å². The quantitative estimate of drug-likeness (QED) is 0.865. The first-order valence-electron chi connectivity index (χ1n) is 7.31. The van der Waals surface area contributed by atoms with Crippen molar-refractivity contribution in [3.05, 3.63) is 5.69 Å². The molecule has 1 aliphatic rings. The van der Waals surface area contributed by atoms with E-state index in [1.807, 2.05) is 11.6 Å². The Balaban J connectivity index is 2.06. The Morgan fingerprint density at radius 1 is 1.22 bits per heavy atom. The topological polar surface area (TPSA) is 55.9 Å². The smallest absolute Gasteiger partial charge is 0.148 e. The van der Waals surface area contributed by atoms with Crippen LogP contribution in [0.5, 0.6) is 0 Å². The molecule has 1 aliphatic carbocycles. The molecule has 4 nitrogen and oxygen atoms in total. The third-order valence-corrected chi connectivity index (χ3v) is 3.92. The first-order chi connectivity index (χ1) is 8.72. The van der Waals surface area contributed by atoms with Crippen LogP contribution in [0.1, 0.15) is 57.6 Å². The molecular weight excluding hydrogens is 224 g/mol. The van der Waals surface area contributed by atoms with E-state index < -0.39 is 0 Å². The van der Waals surface area contributed by atoms with E-state index in [-0.39, 0.29) is 0 Å². The molecule has 2 rings (SSSR count). The maximum Gasteiger partial charge on any atom is 0.148 e. The van der Waals surface area contributed by atoms with Gasteiger partial charge in [-0.25, -0.2) is 4.68 Å². The lowest BCUT2D eigenvalue weighted by Gasteiger charge is -2.22. The summed E-state index contributed by atoms with van der Waals surface area (Å²) in [6.07, 6.45) is 9.33. The molecule has 102 valence electrons. The van der Waals surface area contributed by atoms with Crippen molar-refractivity contribution in [1.82, 2.24) is 9.78 Å². The van der Waals surface area contributed by atoms with Gasteiger partial charge in [0.15, 0.2) is 0 Å². The molecule has 1 heterocycles. The van der Waals surface area contributed by atoms with Gasteiger partial charge >= 0.3 is 0 Å². The van der Waals surface area contributed by atoms with Crippen LogP contribution in [0, 0.1) is 6.92 Å². The number of hydrogen-bond donors (Lipinski definition) is 2. The van der Waals surface area contributed by atoms with E-state index in [4.69, 9.17) is 5.73 Å². The van der Waals surface area contributed by atoms with Crippen molar-refractivity contribution in [2.24, 2.45) is 0 Å². The van der Waals surface area contributed by atoms with Crippen LogP contribution in [0.25, 0.3) is 0 Å². The van der Waals surface area contributed by atoms with E-state index in [1.54, 1.807) is 0 Å². The SMILES string of the molecule is CCn1nc(C)c(N)c1NC1CCCCCCC1. The highest BCUT2D eigenvalue weighted by Crippen LogP contribution is 2.26. The number of nitrogens with zero attached hydrogens (tertiary/aromatic N) is 2. The zero-order chi connectivity index (χ0) is 13.0. The molecule has 0 atom stereocenters. The summed E-state index contributed by atoms with van der Waals surface area (Å²) >= 11 is 0. The molecule has 0 spiro atoms. The van der Waals surface area contributed by atoms with Crippen LogP contribution < -0.4 is 11.1 Å². The molecule has 1 fully saturated rings. The van der Waals surface area contributed by atoms with E-state index in [9.17, 15) is 0 Å².